The Labute approximate surface area is 180 Å². The number of pyridine rings is 3. The van der Waals surface area contributed by atoms with E-state index in [1.807, 2.05) is 12.1 Å². The molecule has 4 heterocycles. The zero-order valence-electron chi connectivity index (χ0n) is 17.4. The summed E-state index contributed by atoms with van der Waals surface area (Å²) in [6.45, 7) is 5.09. The van der Waals surface area contributed by atoms with Gasteiger partial charge in [-0.2, -0.15) is 5.26 Å². The maximum Gasteiger partial charge on any atom is 0.274 e. The molecule has 1 aliphatic rings. The van der Waals surface area contributed by atoms with Crippen molar-refractivity contribution in [1.29, 1.82) is 5.26 Å². The molecule has 3 aromatic heterocycles. The van der Waals surface area contributed by atoms with Gasteiger partial charge in [0.25, 0.3) is 5.91 Å². The highest BCUT2D eigenvalue weighted by atomic mass is 16.3. The van der Waals surface area contributed by atoms with Crippen LogP contribution in [0, 0.1) is 11.3 Å². The van der Waals surface area contributed by atoms with Crippen molar-refractivity contribution in [2.45, 2.75) is 19.5 Å². The van der Waals surface area contributed by atoms with Gasteiger partial charge in [-0.25, -0.2) is 15.0 Å². The van der Waals surface area contributed by atoms with Gasteiger partial charge in [0.1, 0.15) is 17.6 Å². The Kier molecular flexibility index (Phi) is 5.64. The number of nitrogens with zero attached hydrogens (tertiary/aromatic N) is 6. The number of amides is 1. The molecule has 1 fully saturated rings. The normalized spacial score (nSPS) is 16.8. The molecule has 0 radical (unpaired) electrons. The lowest BCUT2D eigenvalue weighted by molar-refractivity contribution is 0.0943. The van der Waals surface area contributed by atoms with E-state index in [4.69, 9.17) is 5.26 Å². The molecule has 0 aromatic carbocycles. The number of rotatable bonds is 4. The van der Waals surface area contributed by atoms with Crippen LogP contribution in [-0.4, -0.2) is 63.6 Å². The van der Waals surface area contributed by atoms with E-state index in [0.717, 1.165) is 31.0 Å². The van der Waals surface area contributed by atoms with Crippen molar-refractivity contribution in [1.82, 2.24) is 25.2 Å². The number of aromatic nitrogens is 3. The Bertz CT molecular complexity index is 1160. The molecule has 1 atom stereocenters. The Morgan fingerprint density at radius 2 is 2.10 bits per heavy atom. The molecule has 2 N–H and O–H groups in total. The molecule has 31 heavy (non-hydrogen) atoms. The highest BCUT2D eigenvalue weighted by Gasteiger charge is 2.22. The molecule has 0 saturated carbocycles. The van der Waals surface area contributed by atoms with Crippen LogP contribution in [0.2, 0.25) is 0 Å². The van der Waals surface area contributed by atoms with Gasteiger partial charge in [0.2, 0.25) is 0 Å². The predicted molar refractivity (Wildman–Crippen MR) is 116 cm³/mol. The fourth-order valence-corrected chi connectivity index (χ4v) is 3.54. The van der Waals surface area contributed by atoms with Gasteiger partial charge in [0.05, 0.1) is 11.7 Å². The minimum atomic E-state index is -0.499. The Morgan fingerprint density at radius 1 is 1.26 bits per heavy atom. The first-order valence-corrected chi connectivity index (χ1v) is 10.0. The quantitative estimate of drug-likeness (QED) is 0.658. The van der Waals surface area contributed by atoms with Crippen LogP contribution in [0.4, 0.5) is 5.82 Å². The standard InChI is InChI=1S/C22H23N7O2/c1-14-13-29(8-7-28(14)2)19-6-5-17-18(27-19)12-25-20(21(17)30)22(31)26-11-15-3-4-16(9-23)24-10-15/h3-6,10,12,14,30H,7-8,11,13H2,1-2H3,(H,26,31)/t14-/m0/s1. The van der Waals surface area contributed by atoms with E-state index < -0.39 is 5.91 Å². The lowest BCUT2D eigenvalue weighted by atomic mass is 10.1. The highest BCUT2D eigenvalue weighted by molar-refractivity contribution is 6.00. The Morgan fingerprint density at radius 3 is 2.81 bits per heavy atom. The first-order valence-electron chi connectivity index (χ1n) is 10.0. The molecule has 3 aromatic rings. The fourth-order valence-electron chi connectivity index (χ4n) is 3.54. The van der Waals surface area contributed by atoms with E-state index in [0.29, 0.717) is 22.6 Å². The summed E-state index contributed by atoms with van der Waals surface area (Å²) in [4.78, 5) is 29.8. The lowest BCUT2D eigenvalue weighted by Gasteiger charge is -2.38. The maximum absolute atomic E-state index is 12.5. The number of piperazine rings is 1. The molecule has 1 amide bonds. The molecule has 0 unspecified atom stereocenters. The average Bonchev–Trinajstić information content (AvgIpc) is 2.79. The molecular formula is C22H23N7O2. The second kappa shape index (κ2) is 8.53. The van der Waals surface area contributed by atoms with Gasteiger partial charge in [-0.1, -0.05) is 6.07 Å². The van der Waals surface area contributed by atoms with Crippen LogP contribution in [0.25, 0.3) is 10.9 Å². The molecule has 4 rings (SSSR count). The van der Waals surface area contributed by atoms with Gasteiger partial charge in [-0.3, -0.25) is 4.79 Å². The number of likely N-dealkylation sites (N-methyl/N-ethyl adjacent to an activating group) is 1. The average molecular weight is 417 g/mol. The van der Waals surface area contributed by atoms with Crippen LogP contribution in [-0.2, 0) is 6.54 Å². The summed E-state index contributed by atoms with van der Waals surface area (Å²) in [5, 5.41) is 22.6. The first-order chi connectivity index (χ1) is 15.0. The fraction of sp³-hybridized carbons (Fsp3) is 0.318. The number of fused-ring (bicyclic) bond motifs is 1. The Balaban J connectivity index is 1.50. The summed E-state index contributed by atoms with van der Waals surface area (Å²) < 4.78 is 0. The summed E-state index contributed by atoms with van der Waals surface area (Å²) in [5.41, 5.74) is 1.52. The number of anilines is 1. The molecule has 9 nitrogen and oxygen atoms in total. The summed E-state index contributed by atoms with van der Waals surface area (Å²) in [5.74, 6) is 0.138. The summed E-state index contributed by atoms with van der Waals surface area (Å²) >= 11 is 0. The van der Waals surface area contributed by atoms with Crippen LogP contribution in [0.5, 0.6) is 5.75 Å². The van der Waals surface area contributed by atoms with E-state index in [9.17, 15) is 9.90 Å². The molecule has 0 bridgehead atoms. The van der Waals surface area contributed by atoms with Gasteiger partial charge >= 0.3 is 0 Å². The van der Waals surface area contributed by atoms with Crippen molar-refractivity contribution in [2.24, 2.45) is 0 Å². The largest absolute Gasteiger partial charge is 0.505 e. The van der Waals surface area contributed by atoms with E-state index in [-0.39, 0.29) is 18.0 Å². The number of hydrogen-bond acceptors (Lipinski definition) is 8. The molecule has 0 aliphatic carbocycles. The van der Waals surface area contributed by atoms with Crippen molar-refractivity contribution < 1.29 is 9.90 Å². The van der Waals surface area contributed by atoms with E-state index in [1.54, 1.807) is 18.2 Å². The van der Waals surface area contributed by atoms with Crippen molar-refractivity contribution in [3.63, 3.8) is 0 Å². The zero-order chi connectivity index (χ0) is 22.0. The summed E-state index contributed by atoms with van der Waals surface area (Å²) in [7, 11) is 2.11. The maximum atomic E-state index is 12.5. The second-order valence-electron chi connectivity index (χ2n) is 7.68. The number of hydrogen-bond donors (Lipinski definition) is 2. The van der Waals surface area contributed by atoms with Crippen LogP contribution >= 0.6 is 0 Å². The van der Waals surface area contributed by atoms with Crippen LogP contribution in [0.1, 0.15) is 28.7 Å². The number of carbonyl (C=O) groups excluding carboxylic acids is 1. The van der Waals surface area contributed by atoms with Crippen molar-refractivity contribution >= 4 is 22.6 Å². The van der Waals surface area contributed by atoms with Crippen molar-refractivity contribution in [3.05, 3.63) is 53.6 Å². The summed E-state index contributed by atoms with van der Waals surface area (Å²) in [6.07, 6.45) is 3.04. The number of carbonyl (C=O) groups is 1. The Hall–Kier alpha value is -3.77. The minimum Gasteiger partial charge on any atom is -0.505 e. The van der Waals surface area contributed by atoms with Crippen LogP contribution in [0.15, 0.2) is 36.7 Å². The number of aromatic hydroxyl groups is 1. The van der Waals surface area contributed by atoms with Gasteiger partial charge < -0.3 is 20.2 Å². The molecule has 158 valence electrons. The zero-order valence-corrected chi connectivity index (χ0v) is 17.4. The monoisotopic (exact) mass is 417 g/mol. The van der Waals surface area contributed by atoms with Gasteiger partial charge in [0, 0.05) is 43.8 Å². The minimum absolute atomic E-state index is 0.0585. The van der Waals surface area contributed by atoms with E-state index >= 15 is 0 Å². The third kappa shape index (κ3) is 4.25. The van der Waals surface area contributed by atoms with Crippen LogP contribution in [0.3, 0.4) is 0 Å². The topological polar surface area (TPSA) is 118 Å². The van der Waals surface area contributed by atoms with Gasteiger partial charge in [-0.05, 0) is 37.7 Å². The number of nitriles is 1. The first kappa shape index (κ1) is 20.5. The van der Waals surface area contributed by atoms with Gasteiger partial charge in [0.15, 0.2) is 11.4 Å². The van der Waals surface area contributed by atoms with Gasteiger partial charge in [-0.15, -0.1) is 0 Å². The number of nitrogens with one attached hydrogen (secondary N) is 1. The highest BCUT2D eigenvalue weighted by Crippen LogP contribution is 2.28. The molecule has 0 spiro atoms. The molecule has 1 aliphatic heterocycles. The SMILES string of the molecule is C[C@H]1CN(c2ccc3c(O)c(C(=O)NCc4ccc(C#N)nc4)ncc3n2)CCN1C. The van der Waals surface area contributed by atoms with Crippen molar-refractivity contribution in [3.8, 4) is 11.8 Å². The lowest BCUT2D eigenvalue weighted by Crippen LogP contribution is -2.50. The third-order valence-electron chi connectivity index (χ3n) is 5.60. The van der Waals surface area contributed by atoms with E-state index in [2.05, 4.69) is 44.0 Å². The molecule has 9 heteroatoms. The van der Waals surface area contributed by atoms with E-state index in [1.165, 1.54) is 12.4 Å². The third-order valence-corrected chi connectivity index (χ3v) is 5.60. The second-order valence-corrected chi connectivity index (χ2v) is 7.68. The predicted octanol–water partition coefficient (Wildman–Crippen LogP) is 1.67. The smallest absolute Gasteiger partial charge is 0.274 e. The van der Waals surface area contributed by atoms with Crippen LogP contribution < -0.4 is 10.2 Å². The van der Waals surface area contributed by atoms with Crippen molar-refractivity contribution in [2.75, 3.05) is 31.6 Å². The summed E-state index contributed by atoms with van der Waals surface area (Å²) in [6, 6.07) is 9.31. The molecular weight excluding hydrogens is 394 g/mol. The molecule has 1 saturated heterocycles.